The Labute approximate surface area is 112 Å². The van der Waals surface area contributed by atoms with Gasteiger partial charge in [-0.2, -0.15) is 0 Å². The van der Waals surface area contributed by atoms with Crippen molar-refractivity contribution < 1.29 is 9.59 Å². The van der Waals surface area contributed by atoms with Crippen molar-refractivity contribution >= 4 is 23.2 Å². The molecule has 2 amide bonds. The van der Waals surface area contributed by atoms with Gasteiger partial charge in [0.05, 0.1) is 17.3 Å². The van der Waals surface area contributed by atoms with Crippen molar-refractivity contribution in [3.63, 3.8) is 0 Å². The number of nitrogens with one attached hydrogen (secondary N) is 3. The summed E-state index contributed by atoms with van der Waals surface area (Å²) in [6.07, 6.45) is 0.854. The van der Waals surface area contributed by atoms with Crippen LogP contribution in [0.4, 0.5) is 11.4 Å². The topological polar surface area (TPSA) is 70.2 Å². The molecule has 1 saturated heterocycles. The molecule has 5 heteroatoms. The molecule has 0 aliphatic carbocycles. The van der Waals surface area contributed by atoms with E-state index in [1.54, 1.807) is 6.07 Å². The van der Waals surface area contributed by atoms with Gasteiger partial charge in [0.1, 0.15) is 0 Å². The Hall–Kier alpha value is -1.88. The summed E-state index contributed by atoms with van der Waals surface area (Å²) in [4.78, 5) is 23.3. The van der Waals surface area contributed by atoms with Gasteiger partial charge in [-0.3, -0.25) is 9.59 Å². The number of carbonyl (C=O) groups is 2. The van der Waals surface area contributed by atoms with Crippen molar-refractivity contribution in [3.8, 4) is 0 Å². The SMILES string of the molecule is CC(=O)Nc1ccc(C)cc1NC(=O)C1CCNC1. The summed E-state index contributed by atoms with van der Waals surface area (Å²) < 4.78 is 0. The van der Waals surface area contributed by atoms with Gasteiger partial charge < -0.3 is 16.0 Å². The number of hydrogen-bond acceptors (Lipinski definition) is 3. The fourth-order valence-electron chi connectivity index (χ4n) is 2.17. The lowest BCUT2D eigenvalue weighted by atomic mass is 10.1. The van der Waals surface area contributed by atoms with E-state index in [9.17, 15) is 9.59 Å². The summed E-state index contributed by atoms with van der Waals surface area (Å²) in [6.45, 7) is 4.99. The molecule has 1 unspecified atom stereocenters. The predicted octanol–water partition coefficient (Wildman–Crippen LogP) is 1.50. The quantitative estimate of drug-likeness (QED) is 0.772. The number of carbonyl (C=O) groups excluding carboxylic acids is 2. The zero-order valence-corrected chi connectivity index (χ0v) is 11.2. The fraction of sp³-hybridized carbons (Fsp3) is 0.429. The molecule has 1 aromatic rings. The van der Waals surface area contributed by atoms with Crippen molar-refractivity contribution in [1.82, 2.24) is 5.32 Å². The zero-order valence-electron chi connectivity index (χ0n) is 11.2. The van der Waals surface area contributed by atoms with Crippen LogP contribution in [0.2, 0.25) is 0 Å². The first kappa shape index (κ1) is 13.5. The molecule has 102 valence electrons. The van der Waals surface area contributed by atoms with Crippen LogP contribution in [0, 0.1) is 12.8 Å². The van der Waals surface area contributed by atoms with Gasteiger partial charge in [0.25, 0.3) is 0 Å². The molecule has 3 N–H and O–H groups in total. The third-order valence-electron chi connectivity index (χ3n) is 3.17. The molecule has 1 fully saturated rings. The first-order chi connectivity index (χ1) is 9.06. The van der Waals surface area contributed by atoms with Gasteiger partial charge in [-0.25, -0.2) is 0 Å². The second-order valence-corrected chi connectivity index (χ2v) is 4.91. The van der Waals surface area contributed by atoms with Crippen LogP contribution in [-0.4, -0.2) is 24.9 Å². The van der Waals surface area contributed by atoms with Crippen LogP contribution in [0.3, 0.4) is 0 Å². The smallest absolute Gasteiger partial charge is 0.228 e. The third-order valence-corrected chi connectivity index (χ3v) is 3.17. The van der Waals surface area contributed by atoms with Crippen LogP contribution in [0.25, 0.3) is 0 Å². The number of rotatable bonds is 3. The number of amides is 2. The van der Waals surface area contributed by atoms with E-state index < -0.39 is 0 Å². The molecular weight excluding hydrogens is 242 g/mol. The minimum Gasteiger partial charge on any atom is -0.325 e. The molecule has 19 heavy (non-hydrogen) atoms. The summed E-state index contributed by atoms with van der Waals surface area (Å²) >= 11 is 0. The Bertz CT molecular complexity index is 493. The van der Waals surface area contributed by atoms with Crippen molar-refractivity contribution in [2.75, 3.05) is 23.7 Å². The van der Waals surface area contributed by atoms with Crippen LogP contribution < -0.4 is 16.0 Å². The molecule has 1 heterocycles. The highest BCUT2D eigenvalue weighted by atomic mass is 16.2. The Balaban J connectivity index is 2.15. The van der Waals surface area contributed by atoms with E-state index in [1.807, 2.05) is 19.1 Å². The number of benzene rings is 1. The average molecular weight is 261 g/mol. The van der Waals surface area contributed by atoms with E-state index in [0.717, 1.165) is 18.5 Å². The molecule has 1 aromatic carbocycles. The summed E-state index contributed by atoms with van der Waals surface area (Å²) in [5.41, 5.74) is 2.33. The monoisotopic (exact) mass is 261 g/mol. The summed E-state index contributed by atoms with van der Waals surface area (Å²) in [5, 5.41) is 8.80. The van der Waals surface area contributed by atoms with Crippen LogP contribution >= 0.6 is 0 Å². The maximum atomic E-state index is 12.1. The maximum Gasteiger partial charge on any atom is 0.228 e. The normalized spacial score (nSPS) is 18.1. The van der Waals surface area contributed by atoms with Gasteiger partial charge in [0.15, 0.2) is 0 Å². The maximum absolute atomic E-state index is 12.1. The lowest BCUT2D eigenvalue weighted by molar-refractivity contribution is -0.119. The Morgan fingerprint density at radius 3 is 2.68 bits per heavy atom. The van der Waals surface area contributed by atoms with Gasteiger partial charge in [-0.05, 0) is 37.6 Å². The third kappa shape index (κ3) is 3.54. The highest BCUT2D eigenvalue weighted by molar-refractivity contribution is 5.99. The molecule has 0 aromatic heterocycles. The highest BCUT2D eigenvalue weighted by Gasteiger charge is 2.23. The van der Waals surface area contributed by atoms with Crippen LogP contribution in [0.5, 0.6) is 0 Å². The summed E-state index contributed by atoms with van der Waals surface area (Å²) in [5.74, 6) is -0.144. The highest BCUT2D eigenvalue weighted by Crippen LogP contribution is 2.24. The Morgan fingerprint density at radius 1 is 1.26 bits per heavy atom. The van der Waals surface area contributed by atoms with Crippen molar-refractivity contribution in [2.24, 2.45) is 5.92 Å². The van der Waals surface area contributed by atoms with Gasteiger partial charge in [-0.15, -0.1) is 0 Å². The number of aryl methyl sites for hydroxylation is 1. The standard InChI is InChI=1S/C14H19N3O2/c1-9-3-4-12(16-10(2)18)13(7-9)17-14(19)11-5-6-15-8-11/h3-4,7,11,15H,5-6,8H2,1-2H3,(H,16,18)(H,17,19). The van der Waals surface area contributed by atoms with Gasteiger partial charge in [0, 0.05) is 13.5 Å². The molecular formula is C14H19N3O2. The minimum absolute atomic E-state index is 0.00204. The predicted molar refractivity (Wildman–Crippen MR) is 75.1 cm³/mol. The molecule has 5 nitrogen and oxygen atoms in total. The Kier molecular flexibility index (Phi) is 4.16. The van der Waals surface area contributed by atoms with Crippen molar-refractivity contribution in [2.45, 2.75) is 20.3 Å². The van der Waals surface area contributed by atoms with Gasteiger partial charge in [-0.1, -0.05) is 6.07 Å². The largest absolute Gasteiger partial charge is 0.325 e. The summed E-state index contributed by atoms with van der Waals surface area (Å²) in [7, 11) is 0. The van der Waals surface area contributed by atoms with Crippen molar-refractivity contribution in [3.05, 3.63) is 23.8 Å². The zero-order chi connectivity index (χ0) is 13.8. The van der Waals surface area contributed by atoms with Gasteiger partial charge in [0.2, 0.25) is 11.8 Å². The second kappa shape index (κ2) is 5.84. The van der Waals surface area contributed by atoms with Gasteiger partial charge >= 0.3 is 0 Å². The molecule has 1 aliphatic rings. The molecule has 1 atom stereocenters. The Morgan fingerprint density at radius 2 is 2.05 bits per heavy atom. The molecule has 0 bridgehead atoms. The van der Waals surface area contributed by atoms with Crippen molar-refractivity contribution in [1.29, 1.82) is 0 Å². The number of hydrogen-bond donors (Lipinski definition) is 3. The molecule has 0 spiro atoms. The first-order valence-electron chi connectivity index (χ1n) is 6.46. The first-order valence-corrected chi connectivity index (χ1v) is 6.46. The molecule has 0 radical (unpaired) electrons. The van der Waals surface area contributed by atoms with E-state index in [1.165, 1.54) is 6.92 Å². The van der Waals surface area contributed by atoms with E-state index in [4.69, 9.17) is 0 Å². The van der Waals surface area contributed by atoms with E-state index in [2.05, 4.69) is 16.0 Å². The number of anilines is 2. The molecule has 2 rings (SSSR count). The average Bonchev–Trinajstić information content (AvgIpc) is 2.86. The molecule has 1 aliphatic heterocycles. The lowest BCUT2D eigenvalue weighted by Gasteiger charge is -2.14. The molecule has 0 saturated carbocycles. The van der Waals surface area contributed by atoms with E-state index in [-0.39, 0.29) is 17.7 Å². The van der Waals surface area contributed by atoms with Crippen LogP contribution in [0.1, 0.15) is 18.9 Å². The van der Waals surface area contributed by atoms with E-state index >= 15 is 0 Å². The van der Waals surface area contributed by atoms with Crippen LogP contribution in [-0.2, 0) is 9.59 Å². The lowest BCUT2D eigenvalue weighted by Crippen LogP contribution is -2.25. The van der Waals surface area contributed by atoms with E-state index in [0.29, 0.717) is 17.9 Å². The van der Waals surface area contributed by atoms with Crippen LogP contribution in [0.15, 0.2) is 18.2 Å². The minimum atomic E-state index is -0.151. The fourth-order valence-corrected chi connectivity index (χ4v) is 2.17. The second-order valence-electron chi connectivity index (χ2n) is 4.91. The summed E-state index contributed by atoms with van der Waals surface area (Å²) in [6, 6.07) is 5.57.